The van der Waals surface area contributed by atoms with Gasteiger partial charge in [-0.2, -0.15) is 10.5 Å². The molecule has 168 valence electrons. The quantitative estimate of drug-likeness (QED) is 0.613. The molecule has 0 radical (unpaired) electrons. The molecule has 0 amide bonds. The number of ether oxygens (including phenoxy) is 2. The SMILES string of the molecule is N#CCc1ccc(OCCN2CCN(CCOc3ccc(CC#N)cc3)CC(O)C2)cc1. The summed E-state index contributed by atoms with van der Waals surface area (Å²) in [5.74, 6) is 1.59. The van der Waals surface area contributed by atoms with E-state index in [1.807, 2.05) is 48.5 Å². The summed E-state index contributed by atoms with van der Waals surface area (Å²) in [4.78, 5) is 4.45. The minimum atomic E-state index is -0.409. The van der Waals surface area contributed by atoms with Crippen molar-refractivity contribution in [3.63, 3.8) is 0 Å². The second-order valence-electron chi connectivity index (χ2n) is 7.91. The Kier molecular flexibility index (Phi) is 9.34. The van der Waals surface area contributed by atoms with E-state index >= 15 is 0 Å². The van der Waals surface area contributed by atoms with Gasteiger partial charge in [0.15, 0.2) is 0 Å². The molecule has 2 aromatic carbocycles. The van der Waals surface area contributed by atoms with Gasteiger partial charge in [-0.1, -0.05) is 24.3 Å². The Morgan fingerprint density at radius 2 is 1.16 bits per heavy atom. The lowest BCUT2D eigenvalue weighted by Crippen LogP contribution is -2.36. The number of β-amino-alcohol motifs (C(OH)–C–C–N with tert-alkyl or cyclic N) is 1. The topological polar surface area (TPSA) is 92.8 Å². The maximum atomic E-state index is 10.4. The predicted octanol–water partition coefficient (Wildman–Crippen LogP) is 2.26. The summed E-state index contributed by atoms with van der Waals surface area (Å²) in [6.45, 7) is 5.58. The van der Waals surface area contributed by atoms with E-state index in [9.17, 15) is 5.11 Å². The Morgan fingerprint density at radius 1 is 0.750 bits per heavy atom. The molecule has 1 aliphatic rings. The van der Waals surface area contributed by atoms with Crippen LogP contribution in [0.15, 0.2) is 48.5 Å². The smallest absolute Gasteiger partial charge is 0.119 e. The van der Waals surface area contributed by atoms with Crippen LogP contribution in [0.2, 0.25) is 0 Å². The van der Waals surface area contributed by atoms with Crippen molar-refractivity contribution in [3.05, 3.63) is 59.7 Å². The van der Waals surface area contributed by atoms with Crippen molar-refractivity contribution in [2.24, 2.45) is 0 Å². The molecule has 0 bridgehead atoms. The number of hydrogen-bond donors (Lipinski definition) is 1. The molecule has 1 fully saturated rings. The molecule has 32 heavy (non-hydrogen) atoms. The van der Waals surface area contributed by atoms with Gasteiger partial charge < -0.3 is 14.6 Å². The van der Waals surface area contributed by atoms with Gasteiger partial charge >= 0.3 is 0 Å². The van der Waals surface area contributed by atoms with E-state index < -0.39 is 6.10 Å². The average Bonchev–Trinajstić information content (AvgIpc) is 2.97. The molecule has 3 rings (SSSR count). The van der Waals surface area contributed by atoms with Crippen LogP contribution >= 0.6 is 0 Å². The van der Waals surface area contributed by atoms with E-state index in [0.717, 1.165) is 48.8 Å². The van der Waals surface area contributed by atoms with Crippen LogP contribution in [-0.4, -0.2) is 73.5 Å². The van der Waals surface area contributed by atoms with Crippen LogP contribution in [0.25, 0.3) is 0 Å². The van der Waals surface area contributed by atoms with Gasteiger partial charge in [-0.15, -0.1) is 0 Å². The molecule has 0 aliphatic carbocycles. The standard InChI is InChI=1S/C25H30N4O3/c26-11-9-21-1-5-24(6-2-21)31-17-15-28-13-14-29(20-23(30)19-28)16-18-32-25-7-3-22(4-8-25)10-12-27/h1-8,23,30H,9-10,13-20H2. The largest absolute Gasteiger partial charge is 0.492 e. The summed E-state index contributed by atoms with van der Waals surface area (Å²) in [7, 11) is 0. The van der Waals surface area contributed by atoms with Gasteiger partial charge in [-0.05, 0) is 35.4 Å². The minimum absolute atomic E-state index is 0.405. The highest BCUT2D eigenvalue weighted by Gasteiger charge is 2.21. The zero-order chi connectivity index (χ0) is 22.6. The van der Waals surface area contributed by atoms with Crippen molar-refractivity contribution in [2.75, 3.05) is 52.5 Å². The van der Waals surface area contributed by atoms with Gasteiger partial charge in [0.25, 0.3) is 0 Å². The Morgan fingerprint density at radius 3 is 1.53 bits per heavy atom. The molecule has 0 spiro atoms. The summed E-state index contributed by atoms with van der Waals surface area (Å²) in [6, 6.07) is 19.5. The second-order valence-corrected chi connectivity index (χ2v) is 7.91. The third kappa shape index (κ3) is 7.86. The molecule has 0 saturated carbocycles. The van der Waals surface area contributed by atoms with E-state index in [1.165, 1.54) is 0 Å². The number of benzene rings is 2. The molecule has 0 atom stereocenters. The lowest BCUT2D eigenvalue weighted by molar-refractivity contribution is 0.100. The highest BCUT2D eigenvalue weighted by Crippen LogP contribution is 2.14. The lowest BCUT2D eigenvalue weighted by atomic mass is 10.2. The fourth-order valence-corrected chi connectivity index (χ4v) is 3.70. The summed E-state index contributed by atoms with van der Waals surface area (Å²) in [5.41, 5.74) is 1.96. The molecular weight excluding hydrogens is 404 g/mol. The molecule has 0 unspecified atom stereocenters. The van der Waals surface area contributed by atoms with E-state index in [2.05, 4.69) is 21.9 Å². The number of nitrogens with zero attached hydrogens (tertiary/aromatic N) is 4. The molecule has 0 aromatic heterocycles. The Bertz CT molecular complexity index is 827. The first kappa shape index (κ1) is 23.6. The van der Waals surface area contributed by atoms with Crippen LogP contribution in [0.3, 0.4) is 0 Å². The molecule has 7 heteroatoms. The molecule has 1 aliphatic heterocycles. The summed E-state index contributed by atoms with van der Waals surface area (Å²) >= 11 is 0. The fraction of sp³-hybridized carbons (Fsp3) is 0.440. The van der Waals surface area contributed by atoms with Crippen LogP contribution in [0.5, 0.6) is 11.5 Å². The fourth-order valence-electron chi connectivity index (χ4n) is 3.70. The van der Waals surface area contributed by atoms with Gasteiger partial charge in [0.1, 0.15) is 24.7 Å². The summed E-state index contributed by atoms with van der Waals surface area (Å²) < 4.78 is 11.6. The monoisotopic (exact) mass is 434 g/mol. The molecule has 7 nitrogen and oxygen atoms in total. The third-order valence-corrected chi connectivity index (χ3v) is 5.44. The van der Waals surface area contributed by atoms with Crippen molar-refractivity contribution < 1.29 is 14.6 Å². The van der Waals surface area contributed by atoms with E-state index in [4.69, 9.17) is 20.0 Å². The molecule has 1 saturated heterocycles. The van der Waals surface area contributed by atoms with Crippen LogP contribution in [0, 0.1) is 22.7 Å². The predicted molar refractivity (Wildman–Crippen MR) is 121 cm³/mol. The Labute approximate surface area is 190 Å². The first-order valence-corrected chi connectivity index (χ1v) is 11.0. The highest BCUT2D eigenvalue weighted by molar-refractivity contribution is 5.29. The van der Waals surface area contributed by atoms with E-state index in [1.54, 1.807) is 0 Å². The zero-order valence-electron chi connectivity index (χ0n) is 18.3. The number of aliphatic hydroxyl groups excluding tert-OH is 1. The Balaban J connectivity index is 1.36. The van der Waals surface area contributed by atoms with Crippen molar-refractivity contribution in [2.45, 2.75) is 18.9 Å². The van der Waals surface area contributed by atoms with Crippen molar-refractivity contribution in [3.8, 4) is 23.6 Å². The minimum Gasteiger partial charge on any atom is -0.492 e. The van der Waals surface area contributed by atoms with Crippen LogP contribution < -0.4 is 9.47 Å². The van der Waals surface area contributed by atoms with Gasteiger partial charge in [0, 0.05) is 39.3 Å². The van der Waals surface area contributed by atoms with Crippen molar-refractivity contribution in [1.29, 1.82) is 10.5 Å². The molecule has 1 heterocycles. The summed E-state index contributed by atoms with van der Waals surface area (Å²) in [6.07, 6.45) is 0.401. The lowest BCUT2D eigenvalue weighted by Gasteiger charge is -2.21. The Hall–Kier alpha value is -3.10. The first-order valence-electron chi connectivity index (χ1n) is 11.0. The van der Waals surface area contributed by atoms with Gasteiger partial charge in [-0.3, -0.25) is 9.80 Å². The average molecular weight is 435 g/mol. The zero-order valence-corrected chi connectivity index (χ0v) is 18.3. The summed E-state index contributed by atoms with van der Waals surface area (Å²) in [5, 5.41) is 27.9. The van der Waals surface area contributed by atoms with E-state index in [0.29, 0.717) is 39.1 Å². The maximum absolute atomic E-state index is 10.4. The molecule has 2 aromatic rings. The van der Waals surface area contributed by atoms with Crippen LogP contribution in [0.1, 0.15) is 11.1 Å². The maximum Gasteiger partial charge on any atom is 0.119 e. The van der Waals surface area contributed by atoms with Crippen LogP contribution in [0.4, 0.5) is 0 Å². The van der Waals surface area contributed by atoms with Crippen molar-refractivity contribution >= 4 is 0 Å². The number of nitriles is 2. The van der Waals surface area contributed by atoms with Crippen molar-refractivity contribution in [1.82, 2.24) is 9.80 Å². The number of rotatable bonds is 10. The third-order valence-electron chi connectivity index (χ3n) is 5.44. The number of hydrogen-bond acceptors (Lipinski definition) is 7. The van der Waals surface area contributed by atoms with Gasteiger partial charge in [0.05, 0.1) is 31.1 Å². The highest BCUT2D eigenvalue weighted by atomic mass is 16.5. The second kappa shape index (κ2) is 12.7. The first-order chi connectivity index (χ1) is 15.7. The normalized spacial score (nSPS) is 15.5. The molecule has 1 N–H and O–H groups in total. The van der Waals surface area contributed by atoms with Gasteiger partial charge in [-0.25, -0.2) is 0 Å². The van der Waals surface area contributed by atoms with E-state index in [-0.39, 0.29) is 0 Å². The number of aliphatic hydroxyl groups is 1. The van der Waals surface area contributed by atoms with Gasteiger partial charge in [0.2, 0.25) is 0 Å². The van der Waals surface area contributed by atoms with Crippen LogP contribution in [-0.2, 0) is 12.8 Å². The molecular formula is C25H30N4O3.